The third-order valence-electron chi connectivity index (χ3n) is 2.46. The van der Waals surface area contributed by atoms with Crippen molar-refractivity contribution < 1.29 is 23.0 Å². The Labute approximate surface area is 112 Å². The van der Waals surface area contributed by atoms with E-state index in [1.165, 1.54) is 35.1 Å². The van der Waals surface area contributed by atoms with Gasteiger partial charge in [0, 0.05) is 5.56 Å². The molecular formula is C12H11F3N3O2. The number of nitrogens with zero attached hydrogens (tertiary/aromatic N) is 3. The van der Waals surface area contributed by atoms with Crippen molar-refractivity contribution in [2.24, 2.45) is 0 Å². The minimum atomic E-state index is -4.72. The summed E-state index contributed by atoms with van der Waals surface area (Å²) in [6.07, 6.45) is -3.90. The first-order valence-corrected chi connectivity index (χ1v) is 5.64. The third-order valence-corrected chi connectivity index (χ3v) is 2.46. The van der Waals surface area contributed by atoms with Gasteiger partial charge in [-0.05, 0) is 37.6 Å². The van der Waals surface area contributed by atoms with Crippen LogP contribution in [-0.4, -0.2) is 26.5 Å². The van der Waals surface area contributed by atoms with Gasteiger partial charge in [-0.15, -0.1) is 18.3 Å². The normalized spacial score (nSPS) is 13.2. The molecule has 5 nitrogen and oxygen atoms in total. The van der Waals surface area contributed by atoms with Crippen molar-refractivity contribution >= 4 is 0 Å². The monoisotopic (exact) mass is 286 g/mol. The van der Waals surface area contributed by atoms with Crippen molar-refractivity contribution in [3.05, 3.63) is 37.4 Å². The van der Waals surface area contributed by atoms with Crippen molar-refractivity contribution in [2.75, 3.05) is 0 Å². The lowest BCUT2D eigenvalue weighted by Gasteiger charge is -2.08. The predicted molar refractivity (Wildman–Crippen MR) is 63.4 cm³/mol. The molecule has 0 amide bonds. The van der Waals surface area contributed by atoms with Gasteiger partial charge in [0.15, 0.2) is 0 Å². The zero-order valence-electron chi connectivity index (χ0n) is 10.2. The molecule has 1 unspecified atom stereocenters. The number of aromatic nitrogens is 3. The Morgan fingerprint density at radius 1 is 1.30 bits per heavy atom. The molecule has 1 radical (unpaired) electrons. The third kappa shape index (κ3) is 3.47. The summed E-state index contributed by atoms with van der Waals surface area (Å²) in [6.45, 7) is 3.53. The molecular weight excluding hydrogens is 275 g/mol. The number of alkyl halides is 3. The van der Waals surface area contributed by atoms with E-state index in [0.717, 1.165) is 0 Å². The van der Waals surface area contributed by atoms with Gasteiger partial charge in [0.25, 0.3) is 0 Å². The summed E-state index contributed by atoms with van der Waals surface area (Å²) in [5.41, 5.74) is 0.984. The Kier molecular flexibility index (Phi) is 3.93. The van der Waals surface area contributed by atoms with Crippen LogP contribution >= 0.6 is 0 Å². The fraction of sp³-hybridized carbons (Fsp3) is 0.250. The molecule has 2 rings (SSSR count). The summed E-state index contributed by atoms with van der Waals surface area (Å²) < 4.78 is 41.0. The molecule has 0 aliphatic rings. The first kappa shape index (κ1) is 14.3. The first-order chi connectivity index (χ1) is 9.39. The lowest BCUT2D eigenvalue weighted by molar-refractivity contribution is -0.274. The van der Waals surface area contributed by atoms with E-state index in [2.05, 4.69) is 22.0 Å². The topological polar surface area (TPSA) is 60.2 Å². The fourth-order valence-electron chi connectivity index (χ4n) is 1.51. The van der Waals surface area contributed by atoms with Gasteiger partial charge in [-0.3, -0.25) is 0 Å². The van der Waals surface area contributed by atoms with E-state index in [-0.39, 0.29) is 12.2 Å². The molecule has 8 heteroatoms. The highest BCUT2D eigenvalue weighted by atomic mass is 19.4. The molecule has 0 fully saturated rings. The Morgan fingerprint density at radius 2 is 1.95 bits per heavy atom. The number of aliphatic hydroxyl groups is 1. The average molecular weight is 286 g/mol. The Morgan fingerprint density at radius 3 is 2.50 bits per heavy atom. The van der Waals surface area contributed by atoms with Gasteiger partial charge in [-0.1, -0.05) is 5.21 Å². The molecule has 0 aliphatic carbocycles. The molecule has 1 heterocycles. The molecule has 0 saturated heterocycles. The number of ether oxygens (including phenoxy) is 1. The van der Waals surface area contributed by atoms with Gasteiger partial charge >= 0.3 is 6.36 Å². The second-order valence-electron chi connectivity index (χ2n) is 3.93. The van der Waals surface area contributed by atoms with E-state index in [9.17, 15) is 18.3 Å². The second-order valence-corrected chi connectivity index (χ2v) is 3.93. The summed E-state index contributed by atoms with van der Waals surface area (Å²) >= 11 is 0. The molecule has 0 spiro atoms. The highest BCUT2D eigenvalue weighted by Crippen LogP contribution is 2.25. The van der Waals surface area contributed by atoms with Crippen LogP contribution in [-0.2, 0) is 0 Å². The zero-order chi connectivity index (χ0) is 14.8. The van der Waals surface area contributed by atoms with E-state index in [0.29, 0.717) is 11.3 Å². The number of halogens is 3. The molecule has 1 aromatic carbocycles. The van der Waals surface area contributed by atoms with Crippen LogP contribution in [0.4, 0.5) is 13.2 Å². The SMILES string of the molecule is [CH2]CC(O)n1cc(-c2ccc(OC(F)(F)F)cc2)nn1. The van der Waals surface area contributed by atoms with Crippen molar-refractivity contribution in [3.8, 4) is 17.0 Å². The van der Waals surface area contributed by atoms with Crippen LogP contribution < -0.4 is 4.74 Å². The smallest absolute Gasteiger partial charge is 0.406 e. The van der Waals surface area contributed by atoms with Gasteiger partial charge < -0.3 is 9.84 Å². The Bertz CT molecular complexity index is 566. The van der Waals surface area contributed by atoms with E-state index in [4.69, 9.17) is 0 Å². The highest BCUT2D eigenvalue weighted by Gasteiger charge is 2.30. The second kappa shape index (κ2) is 5.49. The summed E-state index contributed by atoms with van der Waals surface area (Å²) in [6, 6.07) is 5.21. The van der Waals surface area contributed by atoms with E-state index >= 15 is 0 Å². The predicted octanol–water partition coefficient (Wildman–Crippen LogP) is 2.56. The lowest BCUT2D eigenvalue weighted by Crippen LogP contribution is -2.16. The maximum Gasteiger partial charge on any atom is 0.573 e. The molecule has 0 aliphatic heterocycles. The van der Waals surface area contributed by atoms with Gasteiger partial charge in [-0.2, -0.15) is 0 Å². The summed E-state index contributed by atoms with van der Waals surface area (Å²) in [7, 11) is 0. The molecule has 1 atom stereocenters. The van der Waals surface area contributed by atoms with E-state index in [1.807, 2.05) is 0 Å². The van der Waals surface area contributed by atoms with Crippen molar-refractivity contribution in [2.45, 2.75) is 19.0 Å². The van der Waals surface area contributed by atoms with Crippen molar-refractivity contribution in [3.63, 3.8) is 0 Å². The minimum Gasteiger partial charge on any atom is -0.406 e. The van der Waals surface area contributed by atoms with Crippen LogP contribution in [0, 0.1) is 6.92 Å². The van der Waals surface area contributed by atoms with Crippen LogP contribution in [0.5, 0.6) is 5.75 Å². The summed E-state index contributed by atoms with van der Waals surface area (Å²) in [5.74, 6) is -0.313. The first-order valence-electron chi connectivity index (χ1n) is 5.64. The van der Waals surface area contributed by atoms with Gasteiger partial charge in [-0.25, -0.2) is 4.68 Å². The maximum absolute atomic E-state index is 12.0. The zero-order valence-corrected chi connectivity index (χ0v) is 10.2. The Balaban J connectivity index is 2.15. The molecule has 1 N–H and O–H groups in total. The summed E-state index contributed by atoms with van der Waals surface area (Å²) in [5, 5.41) is 17.0. The van der Waals surface area contributed by atoms with Crippen molar-refractivity contribution in [1.29, 1.82) is 0 Å². The van der Waals surface area contributed by atoms with E-state index < -0.39 is 12.6 Å². The number of benzene rings is 1. The van der Waals surface area contributed by atoms with Crippen LogP contribution in [0.15, 0.2) is 30.5 Å². The fourth-order valence-corrected chi connectivity index (χ4v) is 1.51. The van der Waals surface area contributed by atoms with Crippen LogP contribution in [0.25, 0.3) is 11.3 Å². The highest BCUT2D eigenvalue weighted by molar-refractivity contribution is 5.58. The number of hydrogen-bond acceptors (Lipinski definition) is 4. The minimum absolute atomic E-state index is 0.223. The molecule has 0 bridgehead atoms. The quantitative estimate of drug-likeness (QED) is 0.938. The lowest BCUT2D eigenvalue weighted by atomic mass is 10.2. The van der Waals surface area contributed by atoms with E-state index in [1.54, 1.807) is 0 Å². The van der Waals surface area contributed by atoms with Crippen LogP contribution in [0.1, 0.15) is 12.6 Å². The molecule has 20 heavy (non-hydrogen) atoms. The van der Waals surface area contributed by atoms with Crippen molar-refractivity contribution in [1.82, 2.24) is 15.0 Å². The van der Waals surface area contributed by atoms with Gasteiger partial charge in [0.05, 0.1) is 6.20 Å². The van der Waals surface area contributed by atoms with Gasteiger partial charge in [0.2, 0.25) is 0 Å². The maximum atomic E-state index is 12.0. The Hall–Kier alpha value is -2.09. The standard InChI is InChI=1S/C12H11F3N3O2/c1-2-11(19)18-7-10(16-17-18)8-3-5-9(6-4-8)20-12(13,14)15/h3-7,11,19H,1-2H2. The molecule has 107 valence electrons. The average Bonchev–Trinajstić information content (AvgIpc) is 2.86. The van der Waals surface area contributed by atoms with Crippen LogP contribution in [0.2, 0.25) is 0 Å². The molecule has 2 aromatic rings. The number of rotatable bonds is 4. The molecule has 1 aromatic heterocycles. The van der Waals surface area contributed by atoms with Crippen LogP contribution in [0.3, 0.4) is 0 Å². The number of hydrogen-bond donors (Lipinski definition) is 1. The molecule has 0 saturated carbocycles. The largest absolute Gasteiger partial charge is 0.573 e. The number of aliphatic hydroxyl groups excluding tert-OH is 1. The summed E-state index contributed by atoms with van der Waals surface area (Å²) in [4.78, 5) is 0. The van der Waals surface area contributed by atoms with Gasteiger partial charge in [0.1, 0.15) is 17.7 Å².